The van der Waals surface area contributed by atoms with Crippen LogP contribution in [0.4, 0.5) is 0 Å². The molecule has 1 saturated heterocycles. The Hall–Kier alpha value is -3.19. The van der Waals surface area contributed by atoms with E-state index in [1.807, 2.05) is 0 Å². The Morgan fingerprint density at radius 2 is 1.83 bits per heavy atom. The molecule has 1 amide bonds. The molecule has 1 aliphatic rings. The summed E-state index contributed by atoms with van der Waals surface area (Å²) >= 11 is 0. The Labute approximate surface area is 176 Å². The summed E-state index contributed by atoms with van der Waals surface area (Å²) in [5, 5.41) is 20.9. The van der Waals surface area contributed by atoms with E-state index < -0.39 is 17.7 Å². The van der Waals surface area contributed by atoms with Crippen LogP contribution in [0.2, 0.25) is 0 Å². The van der Waals surface area contributed by atoms with Crippen molar-refractivity contribution >= 4 is 17.4 Å². The molecule has 3 rings (SSSR count). The number of amides is 1. The minimum absolute atomic E-state index is 0.0274. The summed E-state index contributed by atoms with van der Waals surface area (Å²) in [6.07, 6.45) is 3.72. The van der Waals surface area contributed by atoms with Gasteiger partial charge in [0.25, 0.3) is 11.7 Å². The molecule has 0 bridgehead atoms. The minimum atomic E-state index is -0.762. The summed E-state index contributed by atoms with van der Waals surface area (Å²) in [6, 6.07) is 8.86. The van der Waals surface area contributed by atoms with Gasteiger partial charge in [0.2, 0.25) is 0 Å². The van der Waals surface area contributed by atoms with Crippen LogP contribution < -0.4 is 0 Å². The summed E-state index contributed by atoms with van der Waals surface area (Å²) in [4.78, 5) is 33.5. The van der Waals surface area contributed by atoms with Crippen LogP contribution in [-0.4, -0.2) is 62.9 Å². The number of carbonyl (C=O) groups excluding carboxylic acids is 2. The molecule has 1 aromatic carbocycles. The number of aromatic hydroxyl groups is 1. The number of aromatic nitrogens is 1. The molecule has 2 aromatic rings. The van der Waals surface area contributed by atoms with Crippen LogP contribution in [0, 0.1) is 0 Å². The van der Waals surface area contributed by atoms with Crippen molar-refractivity contribution in [2.45, 2.75) is 26.3 Å². The smallest absolute Gasteiger partial charge is 0.295 e. The van der Waals surface area contributed by atoms with Gasteiger partial charge in [-0.3, -0.25) is 14.6 Å². The number of rotatable bonds is 8. The molecule has 1 fully saturated rings. The number of ketones is 1. The average Bonchev–Trinajstić information content (AvgIpc) is 3.02. The van der Waals surface area contributed by atoms with Crippen molar-refractivity contribution in [3.05, 3.63) is 65.5 Å². The van der Waals surface area contributed by atoms with E-state index in [1.54, 1.807) is 24.3 Å². The van der Waals surface area contributed by atoms with Crippen molar-refractivity contribution in [2.24, 2.45) is 0 Å². The minimum Gasteiger partial charge on any atom is -0.508 e. The maximum absolute atomic E-state index is 12.9. The number of likely N-dealkylation sites (tertiary alicyclic amines) is 1. The van der Waals surface area contributed by atoms with Gasteiger partial charge in [0.15, 0.2) is 0 Å². The van der Waals surface area contributed by atoms with Gasteiger partial charge < -0.3 is 20.0 Å². The number of hydrogen-bond donors (Lipinski definition) is 2. The van der Waals surface area contributed by atoms with Crippen LogP contribution >= 0.6 is 0 Å². The fourth-order valence-electron chi connectivity index (χ4n) is 3.82. The van der Waals surface area contributed by atoms with Crippen LogP contribution in [0.25, 0.3) is 5.76 Å². The van der Waals surface area contributed by atoms with E-state index in [0.717, 1.165) is 19.6 Å². The average molecular weight is 409 g/mol. The van der Waals surface area contributed by atoms with Gasteiger partial charge >= 0.3 is 0 Å². The Balaban J connectivity index is 2.01. The second-order valence-electron chi connectivity index (χ2n) is 7.20. The number of pyridine rings is 1. The monoisotopic (exact) mass is 409 g/mol. The van der Waals surface area contributed by atoms with Crippen molar-refractivity contribution in [3.8, 4) is 5.75 Å². The zero-order valence-electron chi connectivity index (χ0n) is 17.3. The zero-order chi connectivity index (χ0) is 21.7. The Morgan fingerprint density at radius 3 is 2.47 bits per heavy atom. The molecule has 1 aromatic heterocycles. The van der Waals surface area contributed by atoms with Crippen molar-refractivity contribution in [1.29, 1.82) is 0 Å². The number of carbonyl (C=O) groups is 2. The topological polar surface area (TPSA) is 94.0 Å². The lowest BCUT2D eigenvalue weighted by atomic mass is 9.95. The highest BCUT2D eigenvalue weighted by molar-refractivity contribution is 6.46. The lowest BCUT2D eigenvalue weighted by Crippen LogP contribution is -2.33. The fourth-order valence-corrected chi connectivity index (χ4v) is 3.82. The first-order chi connectivity index (χ1) is 14.5. The van der Waals surface area contributed by atoms with Gasteiger partial charge in [0.05, 0.1) is 11.6 Å². The van der Waals surface area contributed by atoms with E-state index >= 15 is 0 Å². The quantitative estimate of drug-likeness (QED) is 0.396. The van der Waals surface area contributed by atoms with E-state index in [0.29, 0.717) is 24.1 Å². The molecule has 1 unspecified atom stereocenters. The summed E-state index contributed by atoms with van der Waals surface area (Å²) < 4.78 is 0. The van der Waals surface area contributed by atoms with Gasteiger partial charge in [0, 0.05) is 24.5 Å². The van der Waals surface area contributed by atoms with Gasteiger partial charge in [-0.1, -0.05) is 26.0 Å². The van der Waals surface area contributed by atoms with Crippen molar-refractivity contribution in [1.82, 2.24) is 14.8 Å². The van der Waals surface area contributed by atoms with Crippen molar-refractivity contribution < 1.29 is 19.8 Å². The summed E-state index contributed by atoms with van der Waals surface area (Å²) in [7, 11) is 0. The van der Waals surface area contributed by atoms with Gasteiger partial charge in [0.1, 0.15) is 11.5 Å². The Kier molecular flexibility index (Phi) is 6.84. The Morgan fingerprint density at radius 1 is 1.13 bits per heavy atom. The number of phenolic OH excluding ortho intramolecular Hbond substituents is 1. The van der Waals surface area contributed by atoms with Crippen LogP contribution in [0.1, 0.15) is 37.4 Å². The predicted octanol–water partition coefficient (Wildman–Crippen LogP) is 2.94. The standard InChI is InChI=1S/C23H27N3O4/c1-3-25(4-2)13-6-14-26-20(17-7-5-8-18(27)15-17)19(22(29)23(26)30)21(28)16-9-11-24-12-10-16/h5,7-12,15,20,27-28H,3-4,6,13-14H2,1-2H3. The van der Waals surface area contributed by atoms with Crippen molar-refractivity contribution in [3.63, 3.8) is 0 Å². The molecule has 1 aliphatic heterocycles. The lowest BCUT2D eigenvalue weighted by Gasteiger charge is -2.26. The maximum Gasteiger partial charge on any atom is 0.295 e. The molecule has 0 saturated carbocycles. The number of aliphatic hydroxyl groups excluding tert-OH is 1. The first kappa shape index (κ1) is 21.5. The van der Waals surface area contributed by atoms with Gasteiger partial charge in [-0.25, -0.2) is 0 Å². The number of hydrogen-bond acceptors (Lipinski definition) is 6. The van der Waals surface area contributed by atoms with Gasteiger partial charge in [-0.05, 0) is 55.9 Å². The number of Topliss-reactive ketones (excluding diaryl/α,β-unsaturated/α-hetero) is 1. The van der Waals surface area contributed by atoms with Gasteiger partial charge in [-0.15, -0.1) is 0 Å². The molecule has 7 nitrogen and oxygen atoms in total. The van der Waals surface area contributed by atoms with E-state index in [9.17, 15) is 19.8 Å². The second kappa shape index (κ2) is 9.54. The van der Waals surface area contributed by atoms with Gasteiger partial charge in [-0.2, -0.15) is 0 Å². The molecule has 2 N–H and O–H groups in total. The van der Waals surface area contributed by atoms with Crippen LogP contribution in [0.15, 0.2) is 54.4 Å². The van der Waals surface area contributed by atoms with E-state index in [1.165, 1.54) is 29.4 Å². The maximum atomic E-state index is 12.9. The summed E-state index contributed by atoms with van der Waals surface area (Å²) in [5.74, 6) is -1.57. The summed E-state index contributed by atoms with van der Waals surface area (Å²) in [5.41, 5.74) is 1.02. The number of phenols is 1. The SMILES string of the molecule is CCN(CC)CCCN1C(=O)C(=O)C(=C(O)c2ccncc2)C1c1cccc(O)c1. The van der Waals surface area contributed by atoms with E-state index in [4.69, 9.17) is 0 Å². The molecule has 7 heteroatoms. The van der Waals surface area contributed by atoms with E-state index in [2.05, 4.69) is 23.7 Å². The first-order valence-electron chi connectivity index (χ1n) is 10.2. The highest BCUT2D eigenvalue weighted by Crippen LogP contribution is 2.40. The third kappa shape index (κ3) is 4.36. The predicted molar refractivity (Wildman–Crippen MR) is 114 cm³/mol. The molecule has 1 atom stereocenters. The highest BCUT2D eigenvalue weighted by Gasteiger charge is 2.45. The molecular formula is C23H27N3O4. The third-order valence-electron chi connectivity index (χ3n) is 5.45. The van der Waals surface area contributed by atoms with Crippen molar-refractivity contribution in [2.75, 3.05) is 26.2 Å². The first-order valence-corrected chi connectivity index (χ1v) is 10.2. The number of nitrogens with zero attached hydrogens (tertiary/aromatic N) is 3. The second-order valence-corrected chi connectivity index (χ2v) is 7.20. The molecular weight excluding hydrogens is 382 g/mol. The largest absolute Gasteiger partial charge is 0.508 e. The molecule has 0 spiro atoms. The molecule has 158 valence electrons. The molecule has 30 heavy (non-hydrogen) atoms. The van der Waals surface area contributed by atoms with Crippen LogP contribution in [-0.2, 0) is 9.59 Å². The molecule has 0 aliphatic carbocycles. The van der Waals surface area contributed by atoms with Crippen LogP contribution in [0.3, 0.4) is 0 Å². The third-order valence-corrected chi connectivity index (χ3v) is 5.45. The lowest BCUT2D eigenvalue weighted by molar-refractivity contribution is -0.140. The molecule has 2 heterocycles. The fraction of sp³-hybridized carbons (Fsp3) is 0.348. The van der Waals surface area contributed by atoms with Crippen LogP contribution in [0.5, 0.6) is 5.75 Å². The normalized spacial score (nSPS) is 18.4. The summed E-state index contributed by atoms with van der Waals surface area (Å²) in [6.45, 7) is 7.15. The zero-order valence-corrected chi connectivity index (χ0v) is 17.3. The Bertz CT molecular complexity index is 938. The number of aliphatic hydroxyl groups is 1. The molecule has 0 radical (unpaired) electrons. The van der Waals surface area contributed by atoms with E-state index in [-0.39, 0.29) is 17.1 Å². The number of benzene rings is 1. The highest BCUT2D eigenvalue weighted by atomic mass is 16.3.